The highest BCUT2D eigenvalue weighted by Gasteiger charge is 2.28. The van der Waals surface area contributed by atoms with Crippen LogP contribution in [0.1, 0.15) is 127 Å². The van der Waals surface area contributed by atoms with Crippen molar-refractivity contribution in [1.82, 2.24) is 0 Å². The number of rotatable bonds is 8. The van der Waals surface area contributed by atoms with E-state index in [1.807, 2.05) is 12.1 Å². The van der Waals surface area contributed by atoms with E-state index < -0.39 is 0 Å². The van der Waals surface area contributed by atoms with E-state index in [1.54, 1.807) is 0 Å². The number of hydrogen-bond donors (Lipinski definition) is 1. The van der Waals surface area contributed by atoms with Gasteiger partial charge in [0, 0.05) is 23.1 Å². The Morgan fingerprint density at radius 1 is 0.829 bits per heavy atom. The standard InChI is InChI=1S/C32H48O3/c1-12-13-14-22-18-24(30(3,4)5)28(17-21(22)2)35-16-15-27(33)23-19-25(31(6,7)8)29(34)26(20-23)32(9,10)11/h17-20,34H,12-16H2,1-11H3. The Labute approximate surface area is 214 Å². The molecular formula is C32H48O3. The zero-order valence-corrected chi connectivity index (χ0v) is 24.1. The summed E-state index contributed by atoms with van der Waals surface area (Å²) in [6.07, 6.45) is 3.73. The molecule has 2 aromatic rings. The Kier molecular flexibility index (Phi) is 8.90. The number of ketones is 1. The number of unbranched alkanes of at least 4 members (excludes halogenated alkanes) is 1. The summed E-state index contributed by atoms with van der Waals surface area (Å²) in [4.78, 5) is 13.3. The topological polar surface area (TPSA) is 46.5 Å². The van der Waals surface area contributed by atoms with Gasteiger partial charge in [-0.25, -0.2) is 0 Å². The summed E-state index contributed by atoms with van der Waals surface area (Å²) in [5.74, 6) is 1.21. The number of hydrogen-bond acceptors (Lipinski definition) is 3. The Morgan fingerprint density at radius 2 is 1.34 bits per heavy atom. The van der Waals surface area contributed by atoms with E-state index in [2.05, 4.69) is 88.3 Å². The van der Waals surface area contributed by atoms with E-state index in [4.69, 9.17) is 4.74 Å². The largest absolute Gasteiger partial charge is 0.507 e. The maximum atomic E-state index is 13.3. The molecule has 0 atom stereocenters. The molecule has 0 radical (unpaired) electrons. The third-order valence-electron chi connectivity index (χ3n) is 6.68. The van der Waals surface area contributed by atoms with Gasteiger partial charge in [-0.1, -0.05) is 81.7 Å². The maximum absolute atomic E-state index is 13.3. The number of phenolic OH excluding ortho intramolecular Hbond substituents is 1. The molecule has 3 heteroatoms. The monoisotopic (exact) mass is 480 g/mol. The van der Waals surface area contributed by atoms with Crippen LogP contribution in [0.2, 0.25) is 0 Å². The van der Waals surface area contributed by atoms with Crippen LogP contribution in [0.3, 0.4) is 0 Å². The first kappa shape index (κ1) is 28.9. The highest BCUT2D eigenvalue weighted by molar-refractivity contribution is 5.97. The van der Waals surface area contributed by atoms with Crippen LogP contribution in [0.5, 0.6) is 11.5 Å². The van der Waals surface area contributed by atoms with Gasteiger partial charge in [0.1, 0.15) is 11.5 Å². The average Bonchev–Trinajstić information content (AvgIpc) is 2.70. The quantitative estimate of drug-likeness (QED) is 0.385. The summed E-state index contributed by atoms with van der Waals surface area (Å²) in [5, 5.41) is 11.0. The zero-order chi connectivity index (χ0) is 26.8. The van der Waals surface area contributed by atoms with Gasteiger partial charge in [-0.05, 0) is 70.9 Å². The van der Waals surface area contributed by atoms with E-state index in [0.717, 1.165) is 23.3 Å². The van der Waals surface area contributed by atoms with E-state index in [9.17, 15) is 9.90 Å². The number of carbonyl (C=O) groups is 1. The van der Waals surface area contributed by atoms with E-state index >= 15 is 0 Å². The summed E-state index contributed by atoms with van der Waals surface area (Å²) < 4.78 is 6.24. The van der Waals surface area contributed by atoms with Gasteiger partial charge in [0.2, 0.25) is 0 Å². The number of carbonyl (C=O) groups excluding carboxylic acids is 1. The Morgan fingerprint density at radius 3 is 1.80 bits per heavy atom. The van der Waals surface area contributed by atoms with Crippen LogP contribution in [-0.2, 0) is 22.7 Å². The highest BCUT2D eigenvalue weighted by Crippen LogP contribution is 2.40. The second-order valence-electron chi connectivity index (χ2n) is 13.1. The van der Waals surface area contributed by atoms with Crippen molar-refractivity contribution in [2.75, 3.05) is 6.61 Å². The van der Waals surface area contributed by atoms with Crippen LogP contribution in [0.4, 0.5) is 0 Å². The molecule has 3 nitrogen and oxygen atoms in total. The molecule has 0 saturated carbocycles. The molecule has 0 heterocycles. The Balaban J connectivity index is 2.30. The lowest BCUT2D eigenvalue weighted by molar-refractivity contribution is 0.0961. The van der Waals surface area contributed by atoms with Crippen LogP contribution in [0, 0.1) is 6.92 Å². The predicted octanol–water partition coefficient (Wildman–Crippen LogP) is 8.59. The van der Waals surface area contributed by atoms with Gasteiger partial charge in [-0.2, -0.15) is 0 Å². The highest BCUT2D eigenvalue weighted by atomic mass is 16.5. The molecule has 0 aliphatic heterocycles. The number of Topliss-reactive ketones (excluding diaryl/α,β-unsaturated/α-hetero) is 1. The molecule has 0 bridgehead atoms. The van der Waals surface area contributed by atoms with Crippen LogP contribution in [0.15, 0.2) is 24.3 Å². The van der Waals surface area contributed by atoms with Gasteiger partial charge in [-0.3, -0.25) is 4.79 Å². The van der Waals surface area contributed by atoms with Gasteiger partial charge in [0.05, 0.1) is 6.61 Å². The lowest BCUT2D eigenvalue weighted by Crippen LogP contribution is -2.19. The number of ether oxygens (including phenoxy) is 1. The third-order valence-corrected chi connectivity index (χ3v) is 6.68. The third kappa shape index (κ3) is 7.35. The summed E-state index contributed by atoms with van der Waals surface area (Å²) in [7, 11) is 0. The SMILES string of the molecule is CCCCc1cc(C(C)(C)C)c(OCCC(=O)c2cc(C(C)(C)C)c(O)c(C(C)(C)C)c2)cc1C. The molecule has 35 heavy (non-hydrogen) atoms. The molecular weight excluding hydrogens is 432 g/mol. The Hall–Kier alpha value is -2.29. The van der Waals surface area contributed by atoms with Crippen LogP contribution in [-0.4, -0.2) is 17.5 Å². The van der Waals surface area contributed by atoms with E-state index in [-0.39, 0.29) is 28.4 Å². The molecule has 0 unspecified atom stereocenters. The summed E-state index contributed by atoms with van der Waals surface area (Å²) in [5.41, 5.74) is 5.49. The second kappa shape index (κ2) is 10.8. The molecule has 2 aromatic carbocycles. The fraction of sp³-hybridized carbons (Fsp3) is 0.594. The lowest BCUT2D eigenvalue weighted by Gasteiger charge is -2.28. The first-order valence-corrected chi connectivity index (χ1v) is 13.1. The zero-order valence-electron chi connectivity index (χ0n) is 24.1. The van der Waals surface area contributed by atoms with Crippen molar-refractivity contribution in [3.63, 3.8) is 0 Å². The molecule has 2 rings (SSSR count). The van der Waals surface area contributed by atoms with Gasteiger partial charge >= 0.3 is 0 Å². The van der Waals surface area contributed by atoms with Crippen molar-refractivity contribution >= 4 is 5.78 Å². The predicted molar refractivity (Wildman–Crippen MR) is 148 cm³/mol. The smallest absolute Gasteiger partial charge is 0.166 e. The van der Waals surface area contributed by atoms with Gasteiger partial charge < -0.3 is 9.84 Å². The molecule has 0 aliphatic carbocycles. The fourth-order valence-corrected chi connectivity index (χ4v) is 4.41. The minimum Gasteiger partial charge on any atom is -0.507 e. The average molecular weight is 481 g/mol. The summed E-state index contributed by atoms with van der Waals surface area (Å²) in [6, 6.07) is 8.17. The molecule has 0 aliphatic rings. The van der Waals surface area contributed by atoms with Crippen molar-refractivity contribution in [1.29, 1.82) is 0 Å². The van der Waals surface area contributed by atoms with Crippen molar-refractivity contribution in [2.24, 2.45) is 0 Å². The lowest BCUT2D eigenvalue weighted by atomic mass is 9.78. The molecule has 0 aromatic heterocycles. The van der Waals surface area contributed by atoms with Crippen molar-refractivity contribution in [3.05, 3.63) is 57.6 Å². The number of aryl methyl sites for hydroxylation is 2. The van der Waals surface area contributed by atoms with Crippen molar-refractivity contribution < 1.29 is 14.6 Å². The second-order valence-corrected chi connectivity index (χ2v) is 13.1. The first-order valence-electron chi connectivity index (χ1n) is 13.1. The van der Waals surface area contributed by atoms with Gasteiger partial charge in [0.15, 0.2) is 5.78 Å². The minimum absolute atomic E-state index is 0.0367. The molecule has 0 amide bonds. The van der Waals surface area contributed by atoms with Crippen molar-refractivity contribution in [2.45, 2.75) is 118 Å². The molecule has 0 saturated heterocycles. The Bertz CT molecular complexity index is 1010. The van der Waals surface area contributed by atoms with Crippen LogP contribution >= 0.6 is 0 Å². The number of phenols is 1. The van der Waals surface area contributed by atoms with Gasteiger partial charge in [-0.15, -0.1) is 0 Å². The fourth-order valence-electron chi connectivity index (χ4n) is 4.41. The number of aromatic hydroxyl groups is 1. The molecule has 0 fully saturated rings. The number of benzene rings is 2. The van der Waals surface area contributed by atoms with Crippen LogP contribution in [0.25, 0.3) is 0 Å². The van der Waals surface area contributed by atoms with Gasteiger partial charge in [0.25, 0.3) is 0 Å². The summed E-state index contributed by atoms with van der Waals surface area (Å²) in [6.45, 7) is 23.7. The first-order chi connectivity index (χ1) is 16.0. The maximum Gasteiger partial charge on any atom is 0.166 e. The van der Waals surface area contributed by atoms with Crippen LogP contribution < -0.4 is 4.74 Å². The molecule has 1 N–H and O–H groups in total. The molecule has 0 spiro atoms. The van der Waals surface area contributed by atoms with E-state index in [0.29, 0.717) is 17.9 Å². The minimum atomic E-state index is -0.268. The molecule has 194 valence electrons. The normalized spacial score (nSPS) is 12.7. The van der Waals surface area contributed by atoms with E-state index in [1.165, 1.54) is 29.5 Å². The summed E-state index contributed by atoms with van der Waals surface area (Å²) >= 11 is 0. The van der Waals surface area contributed by atoms with Crippen molar-refractivity contribution in [3.8, 4) is 11.5 Å².